The molecule has 1 aliphatic rings. The highest BCUT2D eigenvalue weighted by molar-refractivity contribution is 7.93. The minimum Gasteiger partial charge on any atom is -0.479 e. The Morgan fingerprint density at radius 1 is 1.20 bits per heavy atom. The van der Waals surface area contributed by atoms with Gasteiger partial charge in [-0.3, -0.25) is 9.52 Å². The molecule has 0 bridgehead atoms. The number of benzene rings is 2. The molecule has 0 radical (unpaired) electrons. The molecule has 11 heteroatoms. The van der Waals surface area contributed by atoms with Gasteiger partial charge in [0.25, 0.3) is 15.9 Å². The third kappa shape index (κ3) is 4.39. The maximum absolute atomic E-state index is 12.8. The molecule has 1 saturated heterocycles. The molecule has 1 aliphatic heterocycles. The van der Waals surface area contributed by atoms with Crippen LogP contribution in [0.25, 0.3) is 0 Å². The molecule has 1 unspecified atom stereocenters. The summed E-state index contributed by atoms with van der Waals surface area (Å²) >= 11 is 13.2. The van der Waals surface area contributed by atoms with E-state index in [1.54, 1.807) is 40.6 Å². The van der Waals surface area contributed by atoms with Gasteiger partial charge in [0.2, 0.25) is 0 Å². The van der Waals surface area contributed by atoms with Crippen molar-refractivity contribution in [3.63, 3.8) is 0 Å². The summed E-state index contributed by atoms with van der Waals surface area (Å²) in [4.78, 5) is 18.3. The van der Waals surface area contributed by atoms with Crippen molar-refractivity contribution in [2.45, 2.75) is 17.4 Å². The van der Waals surface area contributed by atoms with Crippen molar-refractivity contribution >= 4 is 61.3 Å². The third-order valence-electron chi connectivity index (χ3n) is 4.43. The van der Waals surface area contributed by atoms with E-state index in [9.17, 15) is 13.2 Å². The molecule has 0 aliphatic carbocycles. The number of carbonyl (C=O) groups excluding carboxylic acids is 1. The summed E-state index contributed by atoms with van der Waals surface area (Å²) in [6.07, 6.45) is 1.31. The Kier molecular flexibility index (Phi) is 5.88. The van der Waals surface area contributed by atoms with Crippen LogP contribution in [0.3, 0.4) is 0 Å². The molecule has 0 saturated carbocycles. The summed E-state index contributed by atoms with van der Waals surface area (Å²) in [7, 11) is -3.75. The molecule has 1 amide bonds. The van der Waals surface area contributed by atoms with Gasteiger partial charge in [0.15, 0.2) is 11.2 Å². The molecule has 1 N–H and O–H groups in total. The van der Waals surface area contributed by atoms with Gasteiger partial charge in [-0.1, -0.05) is 23.2 Å². The Labute approximate surface area is 188 Å². The molecule has 2 aromatic carbocycles. The van der Waals surface area contributed by atoms with E-state index in [2.05, 4.69) is 9.71 Å². The molecule has 3 aromatic rings. The number of sulfonamides is 1. The normalized spacial score (nSPS) is 16.7. The Hall–Kier alpha value is -2.33. The predicted molar refractivity (Wildman–Crippen MR) is 119 cm³/mol. The van der Waals surface area contributed by atoms with Gasteiger partial charge in [-0.2, -0.15) is 0 Å². The standard InChI is InChI=1S/C19H15Cl2N3O4S2.H2/c20-12-1-6-16(15(21)11-12)28-17-7-9-24(18(17)25)13-2-4-14(5-3-13)30(26,27)23-19-22-8-10-29-19;/h1-6,8,10-11,17H,7,9H2,(H,22,23);1H. The average Bonchev–Trinajstić information content (AvgIpc) is 3.34. The van der Waals surface area contributed by atoms with E-state index in [4.69, 9.17) is 27.9 Å². The number of rotatable bonds is 6. The highest BCUT2D eigenvalue weighted by Crippen LogP contribution is 2.31. The number of hydrogen-bond acceptors (Lipinski definition) is 6. The monoisotopic (exact) mass is 485 g/mol. The summed E-state index contributed by atoms with van der Waals surface area (Å²) in [6, 6.07) is 10.9. The third-order valence-corrected chi connectivity index (χ3v) is 7.14. The number of hydrogen-bond donors (Lipinski definition) is 1. The Balaban J connectivity index is 0.00000272. The highest BCUT2D eigenvalue weighted by atomic mass is 35.5. The Morgan fingerprint density at radius 3 is 2.63 bits per heavy atom. The minimum atomic E-state index is -3.75. The summed E-state index contributed by atoms with van der Waals surface area (Å²) in [6.45, 7) is 0.443. The fourth-order valence-electron chi connectivity index (χ4n) is 3.00. The Morgan fingerprint density at radius 2 is 1.97 bits per heavy atom. The van der Waals surface area contributed by atoms with Crippen molar-refractivity contribution in [3.05, 3.63) is 64.1 Å². The number of ether oxygens (including phenoxy) is 1. The minimum absolute atomic E-state index is 0. The average molecular weight is 486 g/mol. The quantitative estimate of drug-likeness (QED) is 0.547. The summed E-state index contributed by atoms with van der Waals surface area (Å²) in [5, 5.41) is 2.77. The first kappa shape index (κ1) is 20.9. The van der Waals surface area contributed by atoms with Crippen LogP contribution in [-0.2, 0) is 14.8 Å². The van der Waals surface area contributed by atoms with Crippen molar-refractivity contribution in [2.24, 2.45) is 0 Å². The van der Waals surface area contributed by atoms with Crippen LogP contribution in [0, 0.1) is 0 Å². The molecule has 1 aromatic heterocycles. The van der Waals surface area contributed by atoms with Gasteiger partial charge in [0.05, 0.1) is 9.92 Å². The molecule has 30 heavy (non-hydrogen) atoms. The Bertz CT molecular complexity index is 1180. The van der Waals surface area contributed by atoms with Crippen molar-refractivity contribution in [2.75, 3.05) is 16.2 Å². The lowest BCUT2D eigenvalue weighted by molar-refractivity contribution is -0.122. The second kappa shape index (κ2) is 8.43. The lowest BCUT2D eigenvalue weighted by atomic mass is 10.3. The van der Waals surface area contributed by atoms with Gasteiger partial charge < -0.3 is 9.64 Å². The van der Waals surface area contributed by atoms with Crippen molar-refractivity contribution < 1.29 is 19.4 Å². The van der Waals surface area contributed by atoms with E-state index in [1.165, 1.54) is 29.7 Å². The molecular weight excluding hydrogens is 469 g/mol. The van der Waals surface area contributed by atoms with Crippen LogP contribution in [0.4, 0.5) is 10.8 Å². The number of carbonyl (C=O) groups is 1. The van der Waals surface area contributed by atoms with Gasteiger partial charge in [-0.05, 0) is 42.5 Å². The summed E-state index contributed by atoms with van der Waals surface area (Å²) < 4.78 is 33.1. The maximum Gasteiger partial charge on any atom is 0.268 e. The summed E-state index contributed by atoms with van der Waals surface area (Å²) in [5.41, 5.74) is 0.585. The van der Waals surface area contributed by atoms with Gasteiger partial charge in [-0.25, -0.2) is 13.4 Å². The van der Waals surface area contributed by atoms with Crippen molar-refractivity contribution in [1.82, 2.24) is 4.98 Å². The maximum atomic E-state index is 12.8. The molecule has 4 rings (SSSR count). The number of aromatic nitrogens is 1. The lowest BCUT2D eigenvalue weighted by Crippen LogP contribution is -2.32. The lowest BCUT2D eigenvalue weighted by Gasteiger charge is -2.18. The van der Waals surface area contributed by atoms with Crippen LogP contribution in [-0.4, -0.2) is 32.0 Å². The molecule has 0 spiro atoms. The van der Waals surface area contributed by atoms with E-state index in [0.717, 1.165) is 0 Å². The van der Waals surface area contributed by atoms with Gasteiger partial charge in [0, 0.05) is 36.7 Å². The largest absolute Gasteiger partial charge is 0.479 e. The van der Waals surface area contributed by atoms with E-state index in [0.29, 0.717) is 34.4 Å². The first-order valence-corrected chi connectivity index (χ1v) is 11.9. The van der Waals surface area contributed by atoms with Crippen molar-refractivity contribution in [1.29, 1.82) is 0 Å². The fraction of sp³-hybridized carbons (Fsp3) is 0.158. The van der Waals surface area contributed by atoms with Crippen LogP contribution in [0.15, 0.2) is 58.9 Å². The summed E-state index contributed by atoms with van der Waals surface area (Å²) in [5.74, 6) is 0.161. The van der Waals surface area contributed by atoms with Crippen LogP contribution < -0.4 is 14.4 Å². The second-order valence-electron chi connectivity index (χ2n) is 6.40. The zero-order valence-electron chi connectivity index (χ0n) is 15.3. The number of nitrogens with zero attached hydrogens (tertiary/aromatic N) is 2. The van der Waals surface area contributed by atoms with E-state index < -0.39 is 16.1 Å². The van der Waals surface area contributed by atoms with Crippen LogP contribution in [0.1, 0.15) is 7.85 Å². The molecule has 1 atom stereocenters. The van der Waals surface area contributed by atoms with Gasteiger partial charge >= 0.3 is 0 Å². The second-order valence-corrected chi connectivity index (χ2v) is 9.82. The predicted octanol–water partition coefficient (Wildman–Crippen LogP) is 4.68. The first-order valence-electron chi connectivity index (χ1n) is 8.79. The van der Waals surface area contributed by atoms with E-state index >= 15 is 0 Å². The molecule has 158 valence electrons. The molecular formula is C19H17Cl2N3O4S2. The smallest absolute Gasteiger partial charge is 0.268 e. The number of thiazole rings is 1. The topological polar surface area (TPSA) is 88.6 Å². The van der Waals surface area contributed by atoms with Crippen LogP contribution >= 0.6 is 34.5 Å². The molecule has 1 fully saturated rings. The number of halogens is 2. The SMILES string of the molecule is O=C1C(Oc2ccc(Cl)cc2Cl)CCN1c1ccc(S(=O)(=O)Nc2nccs2)cc1.[HH]. The zero-order chi connectivity index (χ0) is 21.3. The van der Waals surface area contributed by atoms with E-state index in [1.807, 2.05) is 0 Å². The molecule has 7 nitrogen and oxygen atoms in total. The number of anilines is 2. The van der Waals surface area contributed by atoms with Gasteiger partial charge in [-0.15, -0.1) is 11.3 Å². The first-order chi connectivity index (χ1) is 14.3. The van der Waals surface area contributed by atoms with Gasteiger partial charge in [0.1, 0.15) is 5.75 Å². The van der Waals surface area contributed by atoms with Crippen LogP contribution in [0.5, 0.6) is 5.75 Å². The fourth-order valence-corrected chi connectivity index (χ4v) is 5.24. The number of amides is 1. The highest BCUT2D eigenvalue weighted by Gasteiger charge is 2.34. The van der Waals surface area contributed by atoms with Crippen LogP contribution in [0.2, 0.25) is 10.0 Å². The zero-order valence-corrected chi connectivity index (χ0v) is 18.4. The number of nitrogens with one attached hydrogen (secondary N) is 1. The van der Waals surface area contributed by atoms with E-state index in [-0.39, 0.29) is 17.4 Å². The molecule has 2 heterocycles. The van der Waals surface area contributed by atoms with Crippen molar-refractivity contribution in [3.8, 4) is 5.75 Å².